The molecule has 0 amide bonds. The minimum absolute atomic E-state index is 0.0885. The zero-order valence-corrected chi connectivity index (χ0v) is 22.4. The summed E-state index contributed by atoms with van der Waals surface area (Å²) in [5.74, 6) is -9.28. The van der Waals surface area contributed by atoms with Crippen LogP contribution in [0.15, 0.2) is 24.3 Å². The van der Waals surface area contributed by atoms with E-state index in [9.17, 15) is 30.8 Å². The summed E-state index contributed by atoms with van der Waals surface area (Å²) in [6, 6.07) is 3.37. The summed E-state index contributed by atoms with van der Waals surface area (Å²) in [4.78, 5) is 12.1. The molecule has 3 fully saturated rings. The molecule has 1 aromatic rings. The van der Waals surface area contributed by atoms with Gasteiger partial charge in [-0.1, -0.05) is 6.58 Å². The van der Waals surface area contributed by atoms with Crippen LogP contribution in [0.2, 0.25) is 0 Å². The zero-order valence-electron chi connectivity index (χ0n) is 17.3. The minimum atomic E-state index is -6.34. The molecule has 0 spiro atoms. The Morgan fingerprint density at radius 2 is 1.79 bits per heavy atom. The Kier molecular flexibility index (Phi) is 6.84. The first-order chi connectivity index (χ1) is 15.6. The molecule has 6 unspecified atom stereocenters. The second kappa shape index (κ2) is 8.78. The third kappa shape index (κ3) is 4.18. The highest BCUT2D eigenvalue weighted by Crippen LogP contribution is 2.62. The maximum atomic E-state index is 14.7. The third-order valence-electron chi connectivity index (χ3n) is 6.43. The monoisotopic (exact) mass is 732 g/mol. The van der Waals surface area contributed by atoms with E-state index in [0.29, 0.717) is 9.13 Å². The van der Waals surface area contributed by atoms with E-state index in [1.54, 1.807) is 12.1 Å². The predicted octanol–water partition coefficient (Wildman–Crippen LogP) is 4.93. The van der Waals surface area contributed by atoms with Gasteiger partial charge in [-0.05, 0) is 88.9 Å². The molecule has 1 heterocycles. The van der Waals surface area contributed by atoms with Crippen LogP contribution in [-0.4, -0.2) is 42.3 Å². The lowest BCUT2D eigenvalue weighted by Gasteiger charge is -2.36. The van der Waals surface area contributed by atoms with Crippen molar-refractivity contribution in [3.8, 4) is 5.75 Å². The molecule has 2 aliphatic carbocycles. The van der Waals surface area contributed by atoms with Crippen molar-refractivity contribution in [1.82, 2.24) is 0 Å². The molecule has 0 aromatic heterocycles. The lowest BCUT2D eigenvalue weighted by Crippen LogP contribution is -2.55. The fourth-order valence-electron chi connectivity index (χ4n) is 4.93. The highest BCUT2D eigenvalue weighted by molar-refractivity contribution is 14.1. The van der Waals surface area contributed by atoms with Gasteiger partial charge in [0.15, 0.2) is 12.0 Å². The molecule has 188 valence electrons. The van der Waals surface area contributed by atoms with Crippen LogP contribution in [0.3, 0.4) is 0 Å². The Balaban J connectivity index is 1.62. The molecular formula is C20H18F4I2O7S. The van der Waals surface area contributed by atoms with Crippen molar-refractivity contribution in [2.45, 2.75) is 49.4 Å². The summed E-state index contributed by atoms with van der Waals surface area (Å²) >= 11 is 3.98. The van der Waals surface area contributed by atoms with Gasteiger partial charge in [-0.15, -0.1) is 0 Å². The molecule has 6 atom stereocenters. The molecule has 14 heteroatoms. The van der Waals surface area contributed by atoms with Gasteiger partial charge < -0.3 is 14.2 Å². The first-order valence-corrected chi connectivity index (χ1v) is 13.6. The highest BCUT2D eigenvalue weighted by Gasteiger charge is 2.74. The van der Waals surface area contributed by atoms with Crippen molar-refractivity contribution in [1.29, 1.82) is 0 Å². The molecule has 0 radical (unpaired) electrons. The number of halogens is 6. The fraction of sp³-hybridized carbons (Fsp3) is 0.550. The maximum Gasteiger partial charge on any atom is 0.431 e. The molecule has 4 rings (SSSR count). The van der Waals surface area contributed by atoms with Crippen molar-refractivity contribution in [2.75, 3.05) is 0 Å². The second-order valence-corrected chi connectivity index (χ2v) is 12.5. The van der Waals surface area contributed by atoms with Crippen LogP contribution in [-0.2, 0) is 24.4 Å². The van der Waals surface area contributed by atoms with E-state index in [1.165, 1.54) is 6.92 Å². The van der Waals surface area contributed by atoms with Gasteiger partial charge in [0.2, 0.25) is 0 Å². The predicted molar refractivity (Wildman–Crippen MR) is 126 cm³/mol. The number of alkyl halides is 4. The van der Waals surface area contributed by atoms with Gasteiger partial charge in [0.1, 0.15) is 0 Å². The maximum absolute atomic E-state index is 14.7. The van der Waals surface area contributed by atoms with Crippen molar-refractivity contribution in [2.24, 2.45) is 17.8 Å². The smallest absolute Gasteiger partial charge is 0.422 e. The van der Waals surface area contributed by atoms with Gasteiger partial charge in [-0.2, -0.15) is 26.0 Å². The van der Waals surface area contributed by atoms with Crippen LogP contribution < -0.4 is 4.74 Å². The second-order valence-electron chi connectivity index (χ2n) is 8.63. The molecular weight excluding hydrogens is 714 g/mol. The van der Waals surface area contributed by atoms with E-state index < -0.39 is 69.9 Å². The van der Waals surface area contributed by atoms with Gasteiger partial charge in [0, 0.05) is 15.1 Å². The summed E-state index contributed by atoms with van der Waals surface area (Å²) in [7, 11) is -6.34. The van der Waals surface area contributed by atoms with E-state index in [-0.39, 0.29) is 17.7 Å². The van der Waals surface area contributed by atoms with Crippen LogP contribution in [0.4, 0.5) is 17.6 Å². The largest absolute Gasteiger partial charge is 0.431 e. The number of rotatable bonds is 6. The summed E-state index contributed by atoms with van der Waals surface area (Å²) in [6.07, 6.45) is -3.13. The first kappa shape index (κ1) is 26.5. The quantitative estimate of drug-likeness (QED) is 0.111. The lowest BCUT2D eigenvalue weighted by molar-refractivity contribution is -0.210. The topological polar surface area (TPSA) is 99.1 Å². The molecule has 3 aliphatic rings. The van der Waals surface area contributed by atoms with Crippen LogP contribution in [0.1, 0.15) is 31.6 Å². The van der Waals surface area contributed by atoms with E-state index in [2.05, 4.69) is 6.58 Å². The Morgan fingerprint density at radius 1 is 1.18 bits per heavy atom. The van der Waals surface area contributed by atoms with E-state index in [4.69, 9.17) is 18.8 Å². The Labute approximate surface area is 219 Å². The molecule has 1 aliphatic heterocycles. The van der Waals surface area contributed by atoms with Gasteiger partial charge >= 0.3 is 27.3 Å². The number of ether oxygens (including phenoxy) is 3. The Bertz CT molecular complexity index is 1160. The molecule has 7 nitrogen and oxygen atoms in total. The Hall–Kier alpha value is -0.560. The number of fused-ring (bicyclic) bond motifs is 5. The third-order valence-corrected chi connectivity index (χ3v) is 8.78. The van der Waals surface area contributed by atoms with Crippen LogP contribution in [0.25, 0.3) is 0 Å². The number of esters is 1. The minimum Gasteiger partial charge on any atom is -0.422 e. The van der Waals surface area contributed by atoms with Crippen molar-refractivity contribution >= 4 is 61.3 Å². The zero-order chi connectivity index (χ0) is 25.4. The average Bonchev–Trinajstić information content (AvgIpc) is 3.40. The average molecular weight is 732 g/mol. The lowest BCUT2D eigenvalue weighted by atomic mass is 9.81. The molecule has 2 saturated carbocycles. The SMILES string of the molecule is C=C(C)C(=O)Oc1c(I)cc(I)cc1C1OC2C3CC(C2O1)C(C(F)(F)C(F)(F)S(=O)(=O)O)C3. The molecule has 1 N–H and O–H groups in total. The van der Waals surface area contributed by atoms with Crippen molar-refractivity contribution in [3.05, 3.63) is 37.0 Å². The number of carbonyl (C=O) groups excluding carboxylic acids is 1. The molecule has 1 aromatic carbocycles. The summed E-state index contributed by atoms with van der Waals surface area (Å²) in [5.41, 5.74) is 0.472. The van der Waals surface area contributed by atoms with Crippen molar-refractivity contribution in [3.63, 3.8) is 0 Å². The van der Waals surface area contributed by atoms with E-state index in [1.807, 2.05) is 45.2 Å². The first-order valence-electron chi connectivity index (χ1n) is 9.96. The van der Waals surface area contributed by atoms with Gasteiger partial charge in [0.05, 0.1) is 21.3 Å². The molecule has 1 saturated heterocycles. The fourth-order valence-corrected chi connectivity index (χ4v) is 7.43. The standard InChI is InChI=1S/C20H18F4I2O7S/c1-7(2)17(27)31-15-11(5-9(25)6-13(15)26)18-32-14-8-3-10(16(14)33-18)12(4-8)19(21,22)20(23,24)34(28,29)30/h5-6,8,10,12,14,16,18H,1,3-4H2,2H3,(H,28,29,30). The normalized spacial score (nSPS) is 30.9. The highest BCUT2D eigenvalue weighted by atomic mass is 127. The van der Waals surface area contributed by atoms with Crippen LogP contribution >= 0.6 is 45.2 Å². The number of carbonyl (C=O) groups is 1. The Morgan fingerprint density at radius 3 is 2.38 bits per heavy atom. The van der Waals surface area contributed by atoms with Crippen LogP contribution in [0.5, 0.6) is 5.75 Å². The van der Waals surface area contributed by atoms with Gasteiger partial charge in [-0.25, -0.2) is 4.79 Å². The number of hydrogen-bond acceptors (Lipinski definition) is 6. The van der Waals surface area contributed by atoms with Gasteiger partial charge in [0.25, 0.3) is 0 Å². The van der Waals surface area contributed by atoms with E-state index in [0.717, 1.165) is 3.57 Å². The summed E-state index contributed by atoms with van der Waals surface area (Å²) in [5, 5.41) is -5.64. The summed E-state index contributed by atoms with van der Waals surface area (Å²) in [6.45, 7) is 5.00. The summed E-state index contributed by atoms with van der Waals surface area (Å²) < 4.78 is 107. The van der Waals surface area contributed by atoms with Crippen LogP contribution in [0, 0.1) is 24.9 Å². The molecule has 2 bridgehead atoms. The number of benzene rings is 1. The van der Waals surface area contributed by atoms with Crippen molar-refractivity contribution < 1.29 is 49.5 Å². The van der Waals surface area contributed by atoms with Gasteiger partial charge in [-0.3, -0.25) is 4.55 Å². The van der Waals surface area contributed by atoms with E-state index >= 15 is 0 Å². The molecule has 34 heavy (non-hydrogen) atoms. The number of hydrogen-bond donors (Lipinski definition) is 1.